The average Bonchev–Trinajstić information content (AvgIpc) is 2.77. The molecule has 0 aliphatic carbocycles. The van der Waals surface area contributed by atoms with E-state index in [9.17, 15) is 0 Å². The molecular formula is C29H41N. The van der Waals surface area contributed by atoms with Gasteiger partial charge in [-0.05, 0) is 35.6 Å². The molecule has 1 heteroatoms. The molecule has 0 aliphatic rings. The van der Waals surface area contributed by atoms with Crippen LogP contribution >= 0.6 is 0 Å². The van der Waals surface area contributed by atoms with Gasteiger partial charge in [-0.3, -0.25) is 0 Å². The Hall–Kier alpha value is -2.28. The molecule has 0 aromatic heterocycles. The third-order valence-corrected chi connectivity index (χ3v) is 5.46. The molecule has 30 heavy (non-hydrogen) atoms. The van der Waals surface area contributed by atoms with E-state index in [2.05, 4.69) is 104 Å². The topological polar surface area (TPSA) is 3.24 Å². The number of hydrogen-bond donors (Lipinski definition) is 0. The second kappa shape index (κ2) is 15.5. The van der Waals surface area contributed by atoms with Crippen LogP contribution in [0, 0.1) is 5.92 Å². The van der Waals surface area contributed by atoms with Gasteiger partial charge in [0.05, 0.1) is 0 Å². The van der Waals surface area contributed by atoms with E-state index in [0.717, 1.165) is 12.5 Å². The summed E-state index contributed by atoms with van der Waals surface area (Å²) in [5.74, 6) is 0.861. The number of nitrogens with zero attached hydrogens (tertiary/aromatic N) is 1. The Morgan fingerprint density at radius 1 is 0.600 bits per heavy atom. The molecule has 0 amide bonds. The lowest BCUT2D eigenvalue weighted by Crippen LogP contribution is -2.11. The predicted molar refractivity (Wildman–Crippen MR) is 134 cm³/mol. The van der Waals surface area contributed by atoms with Crippen molar-refractivity contribution in [1.29, 1.82) is 0 Å². The molecule has 1 nitrogen and oxygen atoms in total. The van der Waals surface area contributed by atoms with E-state index in [0.29, 0.717) is 0 Å². The first-order valence-electron chi connectivity index (χ1n) is 12.0. The van der Waals surface area contributed by atoms with Gasteiger partial charge in [-0.1, -0.05) is 126 Å². The van der Waals surface area contributed by atoms with Gasteiger partial charge in [0.25, 0.3) is 0 Å². The highest BCUT2D eigenvalue weighted by Gasteiger charge is 1.98. The smallest absolute Gasteiger partial charge is 0.0219 e. The number of unbranched alkanes of at least 4 members (excludes halogenated alkanes) is 7. The van der Waals surface area contributed by atoms with E-state index < -0.39 is 0 Å². The summed E-state index contributed by atoms with van der Waals surface area (Å²) in [6, 6.07) is 21.1. The maximum Gasteiger partial charge on any atom is 0.0219 e. The van der Waals surface area contributed by atoms with Gasteiger partial charge in [-0.15, -0.1) is 0 Å². The lowest BCUT2D eigenvalue weighted by atomic mass is 10.0. The van der Waals surface area contributed by atoms with E-state index in [1.165, 1.54) is 68.9 Å². The Morgan fingerprint density at radius 2 is 1.03 bits per heavy atom. The molecule has 2 rings (SSSR count). The molecule has 0 N–H and O–H groups in total. The second-order valence-electron chi connectivity index (χ2n) is 8.70. The minimum atomic E-state index is 0.861. The summed E-state index contributed by atoms with van der Waals surface area (Å²) >= 11 is 0. The third kappa shape index (κ3) is 11.7. The Bertz CT molecular complexity index is 650. The first kappa shape index (κ1) is 24.0. The largest absolute Gasteiger partial charge is 0.354 e. The number of benzene rings is 2. The maximum atomic E-state index is 2.33. The normalized spacial score (nSPS) is 11.7. The molecule has 0 unspecified atom stereocenters. The quantitative estimate of drug-likeness (QED) is 0.268. The molecule has 0 saturated heterocycles. The van der Waals surface area contributed by atoms with Crippen molar-refractivity contribution in [2.75, 3.05) is 6.54 Å². The fourth-order valence-corrected chi connectivity index (χ4v) is 3.60. The zero-order valence-corrected chi connectivity index (χ0v) is 19.2. The first-order chi connectivity index (χ1) is 14.7. The second-order valence-corrected chi connectivity index (χ2v) is 8.70. The third-order valence-electron chi connectivity index (χ3n) is 5.46. The number of rotatable bonds is 15. The molecule has 0 spiro atoms. The van der Waals surface area contributed by atoms with Crippen LogP contribution in [-0.4, -0.2) is 11.4 Å². The van der Waals surface area contributed by atoms with Gasteiger partial charge < -0.3 is 4.90 Å². The van der Waals surface area contributed by atoms with Gasteiger partial charge in [0.2, 0.25) is 0 Å². The highest BCUT2D eigenvalue weighted by Crippen LogP contribution is 2.13. The number of hydrogen-bond acceptors (Lipinski definition) is 1. The molecule has 2 aromatic carbocycles. The van der Waals surface area contributed by atoms with E-state index in [-0.39, 0.29) is 0 Å². The molecule has 0 aliphatic heterocycles. The highest BCUT2D eigenvalue weighted by molar-refractivity contribution is 5.51. The van der Waals surface area contributed by atoms with Gasteiger partial charge in [-0.25, -0.2) is 0 Å². The van der Waals surface area contributed by atoms with Gasteiger partial charge >= 0.3 is 0 Å². The molecule has 0 radical (unpaired) electrons. The van der Waals surface area contributed by atoms with Crippen LogP contribution < -0.4 is 0 Å². The Kier molecular flexibility index (Phi) is 12.4. The van der Waals surface area contributed by atoms with E-state index >= 15 is 0 Å². The Morgan fingerprint density at radius 3 is 1.50 bits per heavy atom. The maximum absolute atomic E-state index is 2.33. The summed E-state index contributed by atoms with van der Waals surface area (Å²) in [6.45, 7) is 5.72. The van der Waals surface area contributed by atoms with Crippen LogP contribution in [-0.2, 0) is 0 Å². The molecule has 0 atom stereocenters. The lowest BCUT2D eigenvalue weighted by molar-refractivity contribution is 0.465. The van der Waals surface area contributed by atoms with Crippen LogP contribution in [0.5, 0.6) is 0 Å². The van der Waals surface area contributed by atoms with Crippen LogP contribution in [0.1, 0.15) is 82.8 Å². The first-order valence-corrected chi connectivity index (χ1v) is 12.0. The fourth-order valence-electron chi connectivity index (χ4n) is 3.60. The van der Waals surface area contributed by atoms with Crippen molar-refractivity contribution in [3.05, 3.63) is 84.2 Å². The summed E-state index contributed by atoms with van der Waals surface area (Å²) in [5, 5.41) is 0. The van der Waals surface area contributed by atoms with Crippen LogP contribution in [0.25, 0.3) is 12.2 Å². The summed E-state index contributed by atoms with van der Waals surface area (Å²) in [4.78, 5) is 2.33. The SMILES string of the molecule is CC(C)CCCCCCCCCCN(C=Cc1ccccc1)C=Cc1ccccc1. The summed E-state index contributed by atoms with van der Waals surface area (Å²) < 4.78 is 0. The summed E-state index contributed by atoms with van der Waals surface area (Å²) in [6.07, 6.45) is 21.2. The van der Waals surface area contributed by atoms with Crippen molar-refractivity contribution in [2.45, 2.75) is 71.6 Å². The molecule has 0 heterocycles. The summed E-state index contributed by atoms with van der Waals surface area (Å²) in [5.41, 5.74) is 2.49. The van der Waals surface area contributed by atoms with Crippen molar-refractivity contribution in [2.24, 2.45) is 5.92 Å². The lowest BCUT2D eigenvalue weighted by Gasteiger charge is -2.15. The summed E-state index contributed by atoms with van der Waals surface area (Å²) in [7, 11) is 0. The van der Waals surface area contributed by atoms with Crippen molar-refractivity contribution < 1.29 is 0 Å². The van der Waals surface area contributed by atoms with Crippen LogP contribution in [0.3, 0.4) is 0 Å². The minimum absolute atomic E-state index is 0.861. The van der Waals surface area contributed by atoms with Gasteiger partial charge in [0, 0.05) is 18.9 Å². The van der Waals surface area contributed by atoms with Crippen molar-refractivity contribution in [1.82, 2.24) is 4.90 Å². The molecule has 0 bridgehead atoms. The van der Waals surface area contributed by atoms with Gasteiger partial charge in [0.1, 0.15) is 0 Å². The monoisotopic (exact) mass is 403 g/mol. The standard InChI is InChI=1S/C29H41N/c1-27(2)17-11-7-5-3-4-6-8-16-24-30(25-22-28-18-12-9-13-19-28)26-23-29-20-14-10-15-21-29/h9-10,12-15,18-23,25-27H,3-8,11,16-17,24H2,1-2H3. The van der Waals surface area contributed by atoms with Gasteiger partial charge in [0.15, 0.2) is 0 Å². The Labute approximate surface area is 185 Å². The average molecular weight is 404 g/mol. The van der Waals surface area contributed by atoms with Crippen LogP contribution in [0.4, 0.5) is 0 Å². The van der Waals surface area contributed by atoms with Crippen molar-refractivity contribution >= 4 is 12.2 Å². The van der Waals surface area contributed by atoms with Crippen molar-refractivity contribution in [3.8, 4) is 0 Å². The van der Waals surface area contributed by atoms with Gasteiger partial charge in [-0.2, -0.15) is 0 Å². The van der Waals surface area contributed by atoms with E-state index in [4.69, 9.17) is 0 Å². The van der Waals surface area contributed by atoms with E-state index in [1.807, 2.05) is 0 Å². The molecular weight excluding hydrogens is 362 g/mol. The van der Waals surface area contributed by atoms with Crippen LogP contribution in [0.15, 0.2) is 73.1 Å². The van der Waals surface area contributed by atoms with Crippen molar-refractivity contribution in [3.63, 3.8) is 0 Å². The zero-order chi connectivity index (χ0) is 21.3. The predicted octanol–water partition coefficient (Wildman–Crippen LogP) is 8.80. The fraction of sp³-hybridized carbons (Fsp3) is 0.448. The highest BCUT2D eigenvalue weighted by atomic mass is 15.1. The molecule has 2 aromatic rings. The molecule has 0 saturated carbocycles. The Balaban J connectivity index is 1.71. The van der Waals surface area contributed by atoms with E-state index in [1.54, 1.807) is 0 Å². The minimum Gasteiger partial charge on any atom is -0.354 e. The van der Waals surface area contributed by atoms with Crippen LogP contribution in [0.2, 0.25) is 0 Å². The zero-order valence-electron chi connectivity index (χ0n) is 19.2. The molecule has 162 valence electrons. The molecule has 0 fully saturated rings.